The van der Waals surface area contributed by atoms with Crippen molar-refractivity contribution in [1.29, 1.82) is 0 Å². The van der Waals surface area contributed by atoms with Crippen LogP contribution in [0.3, 0.4) is 0 Å². The second-order valence-electron chi connectivity index (χ2n) is 4.09. The molecule has 2 rings (SSSR count). The number of aliphatic hydroxyl groups is 3. The Labute approximate surface area is 86.6 Å². The van der Waals surface area contributed by atoms with Gasteiger partial charge in [-0.15, -0.1) is 0 Å². The molecule has 0 aromatic rings. The van der Waals surface area contributed by atoms with Crippen molar-refractivity contribution >= 4 is 0 Å². The molecule has 15 heavy (non-hydrogen) atoms. The standard InChI is InChI=1S/C8H14N4O3/c9-11-10-4-3-12-2-1-5(13)6(12)8(15)7(4)14/h4-8,13-15H,1-3H2/t4-,5-,6+,7+,8+/m0/s1. The third kappa shape index (κ3) is 1.68. The van der Waals surface area contributed by atoms with E-state index in [1.54, 1.807) is 0 Å². The molecule has 2 saturated heterocycles. The zero-order valence-corrected chi connectivity index (χ0v) is 8.14. The molecule has 84 valence electrons. The normalized spacial score (nSPS) is 45.9. The Morgan fingerprint density at radius 3 is 2.67 bits per heavy atom. The number of fused-ring (bicyclic) bond motifs is 1. The summed E-state index contributed by atoms with van der Waals surface area (Å²) in [7, 11) is 0. The highest BCUT2D eigenvalue weighted by molar-refractivity contribution is 5.03. The van der Waals surface area contributed by atoms with Crippen molar-refractivity contribution < 1.29 is 15.3 Å². The highest BCUT2D eigenvalue weighted by atomic mass is 16.3. The van der Waals surface area contributed by atoms with Crippen LogP contribution in [0.1, 0.15) is 6.42 Å². The van der Waals surface area contributed by atoms with E-state index in [1.165, 1.54) is 0 Å². The van der Waals surface area contributed by atoms with Gasteiger partial charge < -0.3 is 15.3 Å². The minimum absolute atomic E-state index is 0.393. The van der Waals surface area contributed by atoms with Crippen molar-refractivity contribution in [3.63, 3.8) is 0 Å². The molecular weight excluding hydrogens is 200 g/mol. The third-order valence-electron chi connectivity index (χ3n) is 3.24. The first-order valence-corrected chi connectivity index (χ1v) is 4.97. The van der Waals surface area contributed by atoms with Crippen LogP contribution in [0.2, 0.25) is 0 Å². The van der Waals surface area contributed by atoms with E-state index in [-0.39, 0.29) is 0 Å². The predicted molar refractivity (Wildman–Crippen MR) is 50.9 cm³/mol. The summed E-state index contributed by atoms with van der Waals surface area (Å²) < 4.78 is 0. The molecule has 2 aliphatic rings. The zero-order chi connectivity index (χ0) is 11.0. The van der Waals surface area contributed by atoms with Crippen molar-refractivity contribution in [2.24, 2.45) is 5.11 Å². The van der Waals surface area contributed by atoms with E-state index in [0.29, 0.717) is 19.5 Å². The number of hydrogen-bond donors (Lipinski definition) is 3. The zero-order valence-electron chi connectivity index (χ0n) is 8.14. The van der Waals surface area contributed by atoms with Gasteiger partial charge in [-0.25, -0.2) is 0 Å². The highest BCUT2D eigenvalue weighted by Crippen LogP contribution is 2.29. The average Bonchev–Trinajstić information content (AvgIpc) is 2.56. The minimum atomic E-state index is -1.09. The van der Waals surface area contributed by atoms with E-state index >= 15 is 0 Å². The Morgan fingerprint density at radius 2 is 2.00 bits per heavy atom. The quantitative estimate of drug-likeness (QED) is 0.290. The van der Waals surface area contributed by atoms with Gasteiger partial charge in [0.25, 0.3) is 0 Å². The summed E-state index contributed by atoms with van der Waals surface area (Å²) in [5.41, 5.74) is 8.31. The maximum absolute atomic E-state index is 9.78. The lowest BCUT2D eigenvalue weighted by atomic mass is 9.92. The number of aliphatic hydroxyl groups excluding tert-OH is 3. The Morgan fingerprint density at radius 1 is 1.27 bits per heavy atom. The summed E-state index contributed by atoms with van der Waals surface area (Å²) in [6, 6.07) is -1.06. The smallest absolute Gasteiger partial charge is 0.0983 e. The van der Waals surface area contributed by atoms with E-state index in [0.717, 1.165) is 0 Å². The molecule has 0 saturated carbocycles. The summed E-state index contributed by atoms with van der Waals surface area (Å²) in [6.07, 6.45) is -2.17. The van der Waals surface area contributed by atoms with E-state index in [2.05, 4.69) is 10.0 Å². The van der Waals surface area contributed by atoms with Crippen LogP contribution in [0.15, 0.2) is 5.11 Å². The summed E-state index contributed by atoms with van der Waals surface area (Å²) in [5, 5.41) is 32.5. The van der Waals surface area contributed by atoms with Gasteiger partial charge in [-0.2, -0.15) is 0 Å². The van der Waals surface area contributed by atoms with Crippen molar-refractivity contribution in [2.45, 2.75) is 36.8 Å². The van der Waals surface area contributed by atoms with Gasteiger partial charge in [0, 0.05) is 18.0 Å². The number of nitrogens with zero attached hydrogens (tertiary/aromatic N) is 4. The van der Waals surface area contributed by atoms with Crippen LogP contribution >= 0.6 is 0 Å². The molecule has 0 amide bonds. The molecule has 0 aromatic carbocycles. The first-order chi connectivity index (χ1) is 7.15. The summed E-state index contributed by atoms with van der Waals surface area (Å²) >= 11 is 0. The van der Waals surface area contributed by atoms with Gasteiger partial charge in [0.2, 0.25) is 0 Å². The molecule has 0 unspecified atom stereocenters. The van der Waals surface area contributed by atoms with Crippen molar-refractivity contribution in [2.75, 3.05) is 13.1 Å². The van der Waals surface area contributed by atoms with Crippen LogP contribution < -0.4 is 0 Å². The predicted octanol–water partition coefficient (Wildman–Crippen LogP) is -1.16. The Bertz CT molecular complexity index is 294. The molecule has 7 nitrogen and oxygen atoms in total. The van der Waals surface area contributed by atoms with Crippen LogP contribution in [0.25, 0.3) is 10.4 Å². The van der Waals surface area contributed by atoms with Gasteiger partial charge in [-0.3, -0.25) is 4.90 Å². The Balaban J connectivity index is 2.17. The molecule has 0 spiro atoms. The first kappa shape index (κ1) is 10.7. The summed E-state index contributed by atoms with van der Waals surface area (Å²) in [6.45, 7) is 1.05. The van der Waals surface area contributed by atoms with Gasteiger partial charge in [-0.05, 0) is 12.0 Å². The van der Waals surface area contributed by atoms with E-state index in [1.807, 2.05) is 4.90 Å². The van der Waals surface area contributed by atoms with Gasteiger partial charge >= 0.3 is 0 Å². The molecule has 0 aliphatic carbocycles. The number of azide groups is 1. The fourth-order valence-corrected chi connectivity index (χ4v) is 2.47. The van der Waals surface area contributed by atoms with Crippen LogP contribution in [-0.4, -0.2) is 63.7 Å². The molecule has 2 fully saturated rings. The lowest BCUT2D eigenvalue weighted by Crippen LogP contribution is -2.60. The molecule has 2 heterocycles. The second kappa shape index (κ2) is 3.96. The number of hydrogen-bond acceptors (Lipinski definition) is 5. The highest BCUT2D eigenvalue weighted by Gasteiger charge is 2.47. The van der Waals surface area contributed by atoms with Crippen molar-refractivity contribution in [3.8, 4) is 0 Å². The maximum atomic E-state index is 9.78. The van der Waals surface area contributed by atoms with Gasteiger partial charge in [0.05, 0.1) is 30.4 Å². The molecule has 0 aromatic heterocycles. The molecule has 2 aliphatic heterocycles. The maximum Gasteiger partial charge on any atom is 0.0983 e. The lowest BCUT2D eigenvalue weighted by Gasteiger charge is -2.41. The minimum Gasteiger partial charge on any atom is -0.391 e. The molecule has 3 N–H and O–H groups in total. The van der Waals surface area contributed by atoms with Gasteiger partial charge in [0.1, 0.15) is 0 Å². The van der Waals surface area contributed by atoms with Crippen LogP contribution in [-0.2, 0) is 0 Å². The lowest BCUT2D eigenvalue weighted by molar-refractivity contribution is -0.0949. The van der Waals surface area contributed by atoms with Gasteiger partial charge in [0.15, 0.2) is 0 Å². The second-order valence-corrected chi connectivity index (χ2v) is 4.09. The molecule has 0 radical (unpaired) electrons. The van der Waals surface area contributed by atoms with E-state index < -0.39 is 30.4 Å². The summed E-state index contributed by atoms with van der Waals surface area (Å²) in [4.78, 5) is 4.50. The average molecular weight is 214 g/mol. The SMILES string of the molecule is [N-]=[N+]=N[C@H]1CN2CC[C@H](O)[C@@H]2[C@@H](O)[C@@H]1O. The Kier molecular flexibility index (Phi) is 2.81. The molecular formula is C8H14N4O3. The molecule has 0 bridgehead atoms. The largest absolute Gasteiger partial charge is 0.391 e. The van der Waals surface area contributed by atoms with Gasteiger partial charge in [-0.1, -0.05) is 5.11 Å². The number of piperidine rings is 1. The first-order valence-electron chi connectivity index (χ1n) is 4.97. The Hall–Kier alpha value is -0.850. The van der Waals surface area contributed by atoms with Crippen molar-refractivity contribution in [3.05, 3.63) is 10.4 Å². The molecule has 7 heteroatoms. The van der Waals surface area contributed by atoms with E-state index in [4.69, 9.17) is 5.53 Å². The van der Waals surface area contributed by atoms with Crippen LogP contribution in [0.5, 0.6) is 0 Å². The van der Waals surface area contributed by atoms with Crippen LogP contribution in [0, 0.1) is 0 Å². The molecule has 5 atom stereocenters. The monoisotopic (exact) mass is 214 g/mol. The summed E-state index contributed by atoms with van der Waals surface area (Å²) in [5.74, 6) is 0. The fourth-order valence-electron chi connectivity index (χ4n) is 2.47. The number of rotatable bonds is 1. The van der Waals surface area contributed by atoms with Crippen LogP contribution in [0.4, 0.5) is 0 Å². The van der Waals surface area contributed by atoms with Crippen molar-refractivity contribution in [1.82, 2.24) is 4.90 Å². The topological polar surface area (TPSA) is 113 Å². The third-order valence-corrected chi connectivity index (χ3v) is 3.24. The fraction of sp³-hybridized carbons (Fsp3) is 1.00. The van der Waals surface area contributed by atoms with E-state index in [9.17, 15) is 15.3 Å².